The number of rotatable bonds is 6. The van der Waals surface area contributed by atoms with Gasteiger partial charge in [-0.1, -0.05) is 32.9 Å². The first-order valence-corrected chi connectivity index (χ1v) is 12.3. The monoisotopic (exact) mass is 488 g/mol. The van der Waals surface area contributed by atoms with Crippen molar-refractivity contribution in [3.05, 3.63) is 53.1 Å². The van der Waals surface area contributed by atoms with Gasteiger partial charge in [-0.2, -0.15) is 0 Å². The van der Waals surface area contributed by atoms with E-state index in [2.05, 4.69) is 15.4 Å². The molecule has 11 heteroatoms. The maximum absolute atomic E-state index is 13.1. The molecule has 10 nitrogen and oxygen atoms in total. The van der Waals surface area contributed by atoms with Gasteiger partial charge < -0.3 is 10.4 Å². The van der Waals surface area contributed by atoms with Crippen LogP contribution < -0.4 is 20.3 Å². The van der Waals surface area contributed by atoms with Crippen LogP contribution in [-0.4, -0.2) is 45.0 Å². The lowest BCUT2D eigenvalue weighted by molar-refractivity contribution is -0.120. The third kappa shape index (κ3) is 5.72. The molecule has 1 fully saturated rings. The van der Waals surface area contributed by atoms with E-state index in [0.717, 1.165) is 0 Å². The van der Waals surface area contributed by atoms with Crippen LogP contribution in [0.2, 0.25) is 0 Å². The van der Waals surface area contributed by atoms with Crippen LogP contribution in [0.4, 0.5) is 16.2 Å². The Morgan fingerprint density at radius 1 is 1.15 bits per heavy atom. The van der Waals surface area contributed by atoms with E-state index in [1.54, 1.807) is 30.3 Å². The molecule has 0 radical (unpaired) electrons. The summed E-state index contributed by atoms with van der Waals surface area (Å²) < 4.78 is 25.7. The number of phenols is 1. The van der Waals surface area contributed by atoms with Gasteiger partial charge in [-0.05, 0) is 42.3 Å². The smallest absolute Gasteiger partial charge is 0.328 e. The summed E-state index contributed by atoms with van der Waals surface area (Å²) in [5.41, 5.74) is 1.21. The zero-order valence-corrected chi connectivity index (χ0v) is 20.2. The second-order valence-corrected chi connectivity index (χ2v) is 10.9. The molecule has 4 amide bonds. The van der Waals surface area contributed by atoms with Gasteiger partial charge in [-0.3, -0.25) is 19.8 Å². The Bertz CT molecular complexity index is 1230. The van der Waals surface area contributed by atoms with Crippen molar-refractivity contribution >= 4 is 39.2 Å². The molecule has 1 heterocycles. The molecule has 0 bridgehead atoms. The molecule has 0 aliphatic carbocycles. The second kappa shape index (κ2) is 9.43. The highest BCUT2D eigenvalue weighted by Gasteiger charge is 2.29. The summed E-state index contributed by atoms with van der Waals surface area (Å²) in [6.45, 7) is 5.75. The van der Waals surface area contributed by atoms with E-state index < -0.39 is 27.4 Å². The highest BCUT2D eigenvalue weighted by atomic mass is 32.2. The van der Waals surface area contributed by atoms with Crippen molar-refractivity contribution in [3.8, 4) is 5.75 Å². The maximum atomic E-state index is 13.1. The fraction of sp³-hybridized carbons (Fsp3) is 0.348. The third-order valence-corrected chi connectivity index (χ3v) is 6.73. The summed E-state index contributed by atoms with van der Waals surface area (Å²) in [5.74, 6) is -1.39. The molecule has 0 saturated carbocycles. The number of nitrogens with one attached hydrogen (secondary N) is 3. The number of carbonyl (C=O) groups excluding carboxylic acids is 3. The number of hydrogen-bond acceptors (Lipinski definition) is 6. The SMILES string of the molecule is CNS(=O)(=O)Cc1ccc(NC(=O)c2cc(N3CCC(=O)NC3=O)cc(C(C)(C)C)c2O)cc1. The highest BCUT2D eigenvalue weighted by Crippen LogP contribution is 2.37. The number of carbonyl (C=O) groups is 3. The first-order chi connectivity index (χ1) is 15.8. The standard InChI is InChI=1S/C23H28N4O6S/c1-23(2,3)18-12-16(27-10-9-19(28)26-22(27)31)11-17(20(18)29)21(30)25-15-7-5-14(6-8-15)13-34(32,33)24-4/h5-8,11-12,24,29H,9-10,13H2,1-4H3,(H,25,30)(H,26,28,31). The van der Waals surface area contributed by atoms with E-state index in [9.17, 15) is 27.9 Å². The van der Waals surface area contributed by atoms with Gasteiger partial charge in [-0.15, -0.1) is 0 Å². The number of aromatic hydroxyl groups is 1. The van der Waals surface area contributed by atoms with Crippen molar-refractivity contribution < 1.29 is 27.9 Å². The van der Waals surface area contributed by atoms with Crippen LogP contribution >= 0.6 is 0 Å². The van der Waals surface area contributed by atoms with Gasteiger partial charge in [0.1, 0.15) is 5.75 Å². The summed E-state index contributed by atoms with van der Waals surface area (Å²) in [6.07, 6.45) is 0.120. The van der Waals surface area contributed by atoms with E-state index in [4.69, 9.17) is 0 Å². The molecule has 34 heavy (non-hydrogen) atoms. The molecule has 0 aromatic heterocycles. The maximum Gasteiger partial charge on any atom is 0.328 e. The van der Waals surface area contributed by atoms with Gasteiger partial charge >= 0.3 is 6.03 Å². The molecule has 2 aromatic carbocycles. The van der Waals surface area contributed by atoms with E-state index in [1.165, 1.54) is 18.0 Å². The predicted octanol–water partition coefficient (Wildman–Crippen LogP) is 2.44. The van der Waals surface area contributed by atoms with Crippen molar-refractivity contribution in [2.45, 2.75) is 38.4 Å². The third-order valence-electron chi connectivity index (χ3n) is 5.39. The Morgan fingerprint density at radius 3 is 2.35 bits per heavy atom. The van der Waals surface area contributed by atoms with E-state index in [0.29, 0.717) is 22.5 Å². The van der Waals surface area contributed by atoms with Gasteiger partial charge in [0, 0.05) is 29.9 Å². The van der Waals surface area contributed by atoms with Crippen molar-refractivity contribution in [1.29, 1.82) is 0 Å². The molecule has 4 N–H and O–H groups in total. The van der Waals surface area contributed by atoms with Crippen LogP contribution in [0.25, 0.3) is 0 Å². The van der Waals surface area contributed by atoms with Gasteiger partial charge in [0.05, 0.1) is 11.3 Å². The molecular formula is C23H28N4O6S. The molecule has 182 valence electrons. The Balaban J connectivity index is 1.92. The van der Waals surface area contributed by atoms with Crippen LogP contribution in [0.3, 0.4) is 0 Å². The number of amides is 4. The fourth-order valence-electron chi connectivity index (χ4n) is 3.50. The number of benzene rings is 2. The van der Waals surface area contributed by atoms with Gasteiger partial charge in [-0.25, -0.2) is 17.9 Å². The normalized spacial score (nSPS) is 14.6. The Labute approximate surface area is 198 Å². The number of imide groups is 1. The zero-order chi connectivity index (χ0) is 25.3. The zero-order valence-electron chi connectivity index (χ0n) is 19.4. The van der Waals surface area contributed by atoms with Crippen molar-refractivity contribution in [2.75, 3.05) is 23.8 Å². The lowest BCUT2D eigenvalue weighted by Crippen LogP contribution is -2.49. The summed E-state index contributed by atoms with van der Waals surface area (Å²) >= 11 is 0. The quantitative estimate of drug-likeness (QED) is 0.491. The Kier molecular flexibility index (Phi) is 6.99. The summed E-state index contributed by atoms with van der Waals surface area (Å²) in [6, 6.07) is 8.73. The molecule has 3 rings (SSSR count). The number of nitrogens with zero attached hydrogens (tertiary/aromatic N) is 1. The van der Waals surface area contributed by atoms with Crippen molar-refractivity contribution in [1.82, 2.24) is 10.0 Å². The summed E-state index contributed by atoms with van der Waals surface area (Å²) in [5, 5.41) is 15.8. The van der Waals surface area contributed by atoms with Crippen molar-refractivity contribution in [3.63, 3.8) is 0 Å². The van der Waals surface area contributed by atoms with Crippen LogP contribution in [0.5, 0.6) is 5.75 Å². The molecule has 0 unspecified atom stereocenters. The van der Waals surface area contributed by atoms with E-state index >= 15 is 0 Å². The van der Waals surface area contributed by atoms with Crippen LogP contribution in [0.15, 0.2) is 36.4 Å². The molecule has 2 aromatic rings. The molecule has 1 saturated heterocycles. The minimum absolute atomic E-state index is 0.0334. The fourth-order valence-corrected chi connectivity index (χ4v) is 4.28. The van der Waals surface area contributed by atoms with Crippen LogP contribution in [0.1, 0.15) is 48.7 Å². The minimum atomic E-state index is -3.43. The Hall–Kier alpha value is -3.44. The first-order valence-electron chi connectivity index (χ1n) is 10.6. The number of phenolic OH excluding ortho intramolecular Hbond substituents is 1. The highest BCUT2D eigenvalue weighted by molar-refractivity contribution is 7.88. The van der Waals surface area contributed by atoms with Gasteiger partial charge in [0.2, 0.25) is 15.9 Å². The number of hydrogen-bond donors (Lipinski definition) is 4. The first kappa shape index (κ1) is 25.2. The van der Waals surface area contributed by atoms with E-state index in [-0.39, 0.29) is 35.9 Å². The molecule has 0 spiro atoms. The number of urea groups is 1. The van der Waals surface area contributed by atoms with Gasteiger partial charge in [0.25, 0.3) is 5.91 Å². The predicted molar refractivity (Wildman–Crippen MR) is 128 cm³/mol. The average Bonchev–Trinajstić information content (AvgIpc) is 2.74. The van der Waals surface area contributed by atoms with Crippen LogP contribution in [0, 0.1) is 0 Å². The Morgan fingerprint density at radius 2 is 1.79 bits per heavy atom. The molecular weight excluding hydrogens is 460 g/mol. The summed E-state index contributed by atoms with van der Waals surface area (Å²) in [7, 11) is -2.09. The lowest BCUT2D eigenvalue weighted by Gasteiger charge is -2.29. The van der Waals surface area contributed by atoms with Crippen molar-refractivity contribution in [2.24, 2.45) is 0 Å². The minimum Gasteiger partial charge on any atom is -0.507 e. The molecule has 0 atom stereocenters. The average molecular weight is 489 g/mol. The number of sulfonamides is 1. The largest absolute Gasteiger partial charge is 0.507 e. The lowest BCUT2D eigenvalue weighted by atomic mass is 9.84. The topological polar surface area (TPSA) is 145 Å². The second-order valence-electron chi connectivity index (χ2n) is 9.01. The molecule has 1 aliphatic rings. The number of anilines is 2. The summed E-state index contributed by atoms with van der Waals surface area (Å²) in [4.78, 5) is 38.3. The molecule has 1 aliphatic heterocycles. The van der Waals surface area contributed by atoms with Crippen LogP contribution in [-0.2, 0) is 26.0 Å². The van der Waals surface area contributed by atoms with E-state index in [1.807, 2.05) is 20.8 Å². The van der Waals surface area contributed by atoms with Gasteiger partial charge in [0.15, 0.2) is 0 Å².